The topological polar surface area (TPSA) is 19.4 Å². The third-order valence-electron chi connectivity index (χ3n) is 4.24. The van der Waals surface area contributed by atoms with Gasteiger partial charge in [-0.1, -0.05) is 11.6 Å². The molecule has 1 aromatic heterocycles. The lowest BCUT2D eigenvalue weighted by atomic mass is 10.1. The summed E-state index contributed by atoms with van der Waals surface area (Å²) in [5.41, 5.74) is 0.975. The van der Waals surface area contributed by atoms with Gasteiger partial charge in [-0.2, -0.15) is 0 Å². The van der Waals surface area contributed by atoms with Crippen LogP contribution in [-0.2, 0) is 5.88 Å². The summed E-state index contributed by atoms with van der Waals surface area (Å²) in [6, 6.07) is 3.06. The van der Waals surface area contributed by atoms with Crippen molar-refractivity contribution in [3.63, 3.8) is 0 Å². The van der Waals surface area contributed by atoms with Gasteiger partial charge in [0, 0.05) is 37.3 Å². The molecule has 0 amide bonds. The Morgan fingerprint density at radius 2 is 2.26 bits per heavy atom. The number of rotatable bonds is 2. The number of piperazine rings is 1. The first-order valence-corrected chi connectivity index (χ1v) is 7.81. The van der Waals surface area contributed by atoms with Crippen LogP contribution >= 0.6 is 23.2 Å². The molecule has 0 bridgehead atoms. The molecule has 0 radical (unpaired) electrons. The molecule has 19 heavy (non-hydrogen) atoms. The lowest BCUT2D eigenvalue weighted by Gasteiger charge is -2.43. The fraction of sp³-hybridized carbons (Fsp3) is 0.643. The van der Waals surface area contributed by atoms with E-state index in [-0.39, 0.29) is 0 Å². The number of hydrogen-bond donors (Lipinski definition) is 0. The van der Waals surface area contributed by atoms with E-state index in [9.17, 15) is 0 Å². The second-order valence-corrected chi connectivity index (χ2v) is 6.25. The lowest BCUT2D eigenvalue weighted by Crippen LogP contribution is -2.55. The number of fused-ring (bicyclic) bond motifs is 1. The molecule has 2 atom stereocenters. The molecule has 3 rings (SSSR count). The standard InChI is InChI=1S/C14H19Cl2N3/c1-10-8-18-4-2-3-12(18)9-19(10)14-13(16)5-11(6-15)7-17-14/h5,7,10,12H,2-4,6,8-9H2,1H3. The molecule has 0 aromatic carbocycles. The van der Waals surface area contributed by atoms with Crippen molar-refractivity contribution in [2.75, 3.05) is 24.5 Å². The molecule has 2 fully saturated rings. The SMILES string of the molecule is CC1CN2CCCC2CN1c1ncc(CCl)cc1Cl. The van der Waals surface area contributed by atoms with Crippen molar-refractivity contribution in [3.8, 4) is 0 Å². The fourth-order valence-electron chi connectivity index (χ4n) is 3.24. The van der Waals surface area contributed by atoms with E-state index in [1.807, 2.05) is 12.3 Å². The molecular formula is C14H19Cl2N3. The van der Waals surface area contributed by atoms with Gasteiger partial charge in [0.1, 0.15) is 5.82 Å². The number of aromatic nitrogens is 1. The number of hydrogen-bond acceptors (Lipinski definition) is 3. The summed E-state index contributed by atoms with van der Waals surface area (Å²) < 4.78 is 0. The minimum Gasteiger partial charge on any atom is -0.350 e. The summed E-state index contributed by atoms with van der Waals surface area (Å²) in [7, 11) is 0. The van der Waals surface area contributed by atoms with Gasteiger partial charge in [0.2, 0.25) is 0 Å². The summed E-state index contributed by atoms with van der Waals surface area (Å²) in [4.78, 5) is 9.48. The second kappa shape index (κ2) is 5.47. The Morgan fingerprint density at radius 3 is 3.00 bits per heavy atom. The molecule has 0 N–H and O–H groups in total. The van der Waals surface area contributed by atoms with Crippen LogP contribution in [0.15, 0.2) is 12.3 Å². The van der Waals surface area contributed by atoms with Crippen LogP contribution in [0.2, 0.25) is 5.02 Å². The van der Waals surface area contributed by atoms with Gasteiger partial charge >= 0.3 is 0 Å². The van der Waals surface area contributed by atoms with Gasteiger partial charge in [-0.3, -0.25) is 4.90 Å². The van der Waals surface area contributed by atoms with E-state index in [0.29, 0.717) is 18.0 Å². The van der Waals surface area contributed by atoms with Crippen LogP contribution in [-0.4, -0.2) is 41.6 Å². The van der Waals surface area contributed by atoms with Gasteiger partial charge in [-0.25, -0.2) is 4.98 Å². The average molecular weight is 300 g/mol. The normalized spacial score (nSPS) is 27.6. The van der Waals surface area contributed by atoms with Crippen LogP contribution in [0.5, 0.6) is 0 Å². The van der Waals surface area contributed by atoms with E-state index >= 15 is 0 Å². The quantitative estimate of drug-likeness (QED) is 0.782. The third-order valence-corrected chi connectivity index (χ3v) is 4.83. The van der Waals surface area contributed by atoms with Crippen LogP contribution in [0.3, 0.4) is 0 Å². The van der Waals surface area contributed by atoms with E-state index in [2.05, 4.69) is 21.7 Å². The van der Waals surface area contributed by atoms with E-state index in [1.54, 1.807) is 0 Å². The van der Waals surface area contributed by atoms with Gasteiger partial charge in [-0.15, -0.1) is 11.6 Å². The number of halogens is 2. The summed E-state index contributed by atoms with van der Waals surface area (Å²) >= 11 is 12.2. The lowest BCUT2D eigenvalue weighted by molar-refractivity contribution is 0.202. The summed E-state index contributed by atoms with van der Waals surface area (Å²) in [5.74, 6) is 1.37. The molecule has 3 heterocycles. The predicted molar refractivity (Wildman–Crippen MR) is 80.2 cm³/mol. The van der Waals surface area contributed by atoms with Crippen molar-refractivity contribution in [1.82, 2.24) is 9.88 Å². The van der Waals surface area contributed by atoms with Crippen LogP contribution in [0.4, 0.5) is 5.82 Å². The Labute approximate surface area is 124 Å². The van der Waals surface area contributed by atoms with Gasteiger partial charge in [0.15, 0.2) is 0 Å². The highest BCUT2D eigenvalue weighted by Gasteiger charge is 2.35. The number of nitrogens with zero attached hydrogens (tertiary/aromatic N) is 3. The summed E-state index contributed by atoms with van der Waals surface area (Å²) in [6.07, 6.45) is 4.44. The largest absolute Gasteiger partial charge is 0.350 e. The van der Waals surface area contributed by atoms with E-state index in [1.165, 1.54) is 19.4 Å². The monoisotopic (exact) mass is 299 g/mol. The van der Waals surface area contributed by atoms with Crippen molar-refractivity contribution >= 4 is 29.0 Å². The van der Waals surface area contributed by atoms with Crippen molar-refractivity contribution in [3.05, 3.63) is 22.8 Å². The molecule has 2 unspecified atom stereocenters. The zero-order valence-corrected chi connectivity index (χ0v) is 12.7. The van der Waals surface area contributed by atoms with E-state index in [0.717, 1.165) is 29.5 Å². The zero-order chi connectivity index (χ0) is 13.4. The molecule has 0 spiro atoms. The highest BCUT2D eigenvalue weighted by atomic mass is 35.5. The first-order chi connectivity index (χ1) is 9.19. The zero-order valence-electron chi connectivity index (χ0n) is 11.1. The van der Waals surface area contributed by atoms with Gasteiger partial charge in [0.05, 0.1) is 5.02 Å². The van der Waals surface area contributed by atoms with Crippen molar-refractivity contribution in [2.45, 2.75) is 37.7 Å². The van der Waals surface area contributed by atoms with Crippen LogP contribution in [0.25, 0.3) is 0 Å². The molecule has 0 aliphatic carbocycles. The number of alkyl halides is 1. The molecule has 0 saturated carbocycles. The summed E-state index contributed by atoms with van der Waals surface area (Å²) in [5, 5.41) is 0.719. The Bertz CT molecular complexity index is 466. The Hall–Kier alpha value is -0.510. The molecular weight excluding hydrogens is 281 g/mol. The first kappa shape index (κ1) is 13.5. The molecule has 2 aliphatic heterocycles. The summed E-state index contributed by atoms with van der Waals surface area (Å²) in [6.45, 7) is 5.64. The molecule has 2 saturated heterocycles. The maximum Gasteiger partial charge on any atom is 0.147 e. The highest BCUT2D eigenvalue weighted by molar-refractivity contribution is 6.33. The fourth-order valence-corrected chi connectivity index (χ4v) is 3.68. The van der Waals surface area contributed by atoms with Gasteiger partial charge < -0.3 is 4.90 Å². The molecule has 5 heteroatoms. The molecule has 104 valence electrons. The maximum atomic E-state index is 6.37. The van der Waals surface area contributed by atoms with Crippen molar-refractivity contribution in [1.29, 1.82) is 0 Å². The van der Waals surface area contributed by atoms with Gasteiger partial charge in [0.25, 0.3) is 0 Å². The molecule has 1 aromatic rings. The van der Waals surface area contributed by atoms with Crippen LogP contribution in [0.1, 0.15) is 25.3 Å². The second-order valence-electron chi connectivity index (χ2n) is 5.57. The average Bonchev–Trinajstić information content (AvgIpc) is 2.85. The number of anilines is 1. The predicted octanol–water partition coefficient (Wildman–Crippen LogP) is 3.15. The Kier molecular flexibility index (Phi) is 3.88. The van der Waals surface area contributed by atoms with Crippen LogP contribution in [0, 0.1) is 0 Å². The minimum absolute atomic E-state index is 0.457. The van der Waals surface area contributed by atoms with E-state index < -0.39 is 0 Å². The van der Waals surface area contributed by atoms with E-state index in [4.69, 9.17) is 23.2 Å². The highest BCUT2D eigenvalue weighted by Crippen LogP contribution is 2.31. The first-order valence-electron chi connectivity index (χ1n) is 6.90. The molecule has 2 aliphatic rings. The smallest absolute Gasteiger partial charge is 0.147 e. The number of pyridine rings is 1. The Morgan fingerprint density at radius 1 is 1.42 bits per heavy atom. The van der Waals surface area contributed by atoms with Gasteiger partial charge in [-0.05, 0) is 37.9 Å². The molecule has 3 nitrogen and oxygen atoms in total. The minimum atomic E-state index is 0.457. The Balaban J connectivity index is 1.84. The maximum absolute atomic E-state index is 6.37. The third kappa shape index (κ3) is 2.56. The van der Waals surface area contributed by atoms with Crippen LogP contribution < -0.4 is 4.90 Å². The van der Waals surface area contributed by atoms with Crippen molar-refractivity contribution < 1.29 is 0 Å². The van der Waals surface area contributed by atoms with Crippen molar-refractivity contribution in [2.24, 2.45) is 0 Å².